The Morgan fingerprint density at radius 3 is 2.70 bits per heavy atom. The summed E-state index contributed by atoms with van der Waals surface area (Å²) in [6.07, 6.45) is 0. The summed E-state index contributed by atoms with van der Waals surface area (Å²) < 4.78 is 5.36. The number of aryl methyl sites for hydroxylation is 1. The Labute approximate surface area is 201 Å². The van der Waals surface area contributed by atoms with E-state index in [4.69, 9.17) is 21.2 Å². The summed E-state index contributed by atoms with van der Waals surface area (Å²) in [6, 6.07) is 13.1. The van der Waals surface area contributed by atoms with Gasteiger partial charge in [-0.3, -0.25) is 4.90 Å². The molecule has 2 aromatic carbocycles. The summed E-state index contributed by atoms with van der Waals surface area (Å²) in [6.45, 7) is 12.5. The summed E-state index contributed by atoms with van der Waals surface area (Å²) in [5.74, 6) is 0. The van der Waals surface area contributed by atoms with Crippen LogP contribution in [0.3, 0.4) is 0 Å². The molecule has 1 aliphatic rings. The molecule has 0 unspecified atom stereocenters. The number of benzene rings is 2. The number of carbonyl (C=O) groups excluding carboxylic acids is 1. The zero-order valence-electron chi connectivity index (χ0n) is 19.8. The Kier molecular flexibility index (Phi) is 8.72. The highest BCUT2D eigenvalue weighted by molar-refractivity contribution is 6.31. The van der Waals surface area contributed by atoms with Gasteiger partial charge in [-0.15, -0.1) is 0 Å². The van der Waals surface area contributed by atoms with Crippen LogP contribution in [-0.2, 0) is 15.1 Å². The second-order valence-electron chi connectivity index (χ2n) is 8.71. The van der Waals surface area contributed by atoms with Gasteiger partial charge in [-0.25, -0.2) is 4.79 Å². The first-order valence-electron chi connectivity index (χ1n) is 11.2. The van der Waals surface area contributed by atoms with Crippen molar-refractivity contribution in [2.45, 2.75) is 33.2 Å². The van der Waals surface area contributed by atoms with Gasteiger partial charge in [0.2, 0.25) is 0 Å². The van der Waals surface area contributed by atoms with Crippen LogP contribution in [0.2, 0.25) is 5.02 Å². The Hall–Kier alpha value is -2.61. The summed E-state index contributed by atoms with van der Waals surface area (Å²) in [4.78, 5) is 20.5. The van der Waals surface area contributed by atoms with Crippen molar-refractivity contribution in [3.63, 3.8) is 0 Å². The van der Waals surface area contributed by atoms with Crippen LogP contribution in [0.4, 0.5) is 10.5 Å². The third kappa shape index (κ3) is 7.45. The number of amides is 2. The molecule has 2 N–H and O–H groups in total. The molecule has 8 heteroatoms. The Morgan fingerprint density at radius 1 is 1.21 bits per heavy atom. The van der Waals surface area contributed by atoms with E-state index in [-0.39, 0.29) is 6.03 Å². The van der Waals surface area contributed by atoms with Crippen molar-refractivity contribution in [2.75, 3.05) is 44.8 Å². The number of carbonyl (C=O) groups is 1. The van der Waals surface area contributed by atoms with Gasteiger partial charge in [0.15, 0.2) is 0 Å². The molecule has 178 valence electrons. The lowest BCUT2D eigenvalue weighted by atomic mass is 9.92. The molecular weight excluding hydrogens is 440 g/mol. The van der Waals surface area contributed by atoms with E-state index >= 15 is 0 Å². The average Bonchev–Trinajstić information content (AvgIpc) is 2.79. The van der Waals surface area contributed by atoms with Crippen LogP contribution in [0.15, 0.2) is 47.6 Å². The molecule has 33 heavy (non-hydrogen) atoms. The number of ether oxygens (including phenoxy) is 1. The number of nitrogens with one attached hydrogen (secondary N) is 2. The summed E-state index contributed by atoms with van der Waals surface area (Å²) in [5.41, 5.74) is 3.70. The van der Waals surface area contributed by atoms with Crippen LogP contribution in [0.5, 0.6) is 0 Å². The fourth-order valence-corrected chi connectivity index (χ4v) is 3.68. The van der Waals surface area contributed by atoms with Crippen molar-refractivity contribution in [1.29, 1.82) is 0 Å². The Bertz CT molecular complexity index is 987. The van der Waals surface area contributed by atoms with Gasteiger partial charge in [-0.2, -0.15) is 0 Å². The number of hydrogen-bond donors (Lipinski definition) is 2. The largest absolute Gasteiger partial charge is 0.394 e. The van der Waals surface area contributed by atoms with E-state index in [2.05, 4.69) is 20.7 Å². The van der Waals surface area contributed by atoms with Crippen molar-refractivity contribution in [3.05, 3.63) is 64.2 Å². The topological polar surface area (TPSA) is 75.2 Å². The minimum atomic E-state index is -0.598. The fraction of sp³-hybridized carbons (Fsp3) is 0.440. The molecule has 0 spiro atoms. The van der Waals surface area contributed by atoms with Gasteiger partial charge in [0.1, 0.15) is 6.61 Å². The van der Waals surface area contributed by atoms with Gasteiger partial charge in [-0.1, -0.05) is 35.0 Å². The highest BCUT2D eigenvalue weighted by Crippen LogP contribution is 2.23. The lowest BCUT2D eigenvalue weighted by Crippen LogP contribution is -2.43. The third-order valence-corrected chi connectivity index (χ3v) is 6.07. The molecular formula is C25H33ClN4O3. The highest BCUT2D eigenvalue weighted by Gasteiger charge is 2.23. The van der Waals surface area contributed by atoms with Gasteiger partial charge in [0.25, 0.3) is 0 Å². The molecule has 1 aliphatic heterocycles. The molecule has 1 saturated heterocycles. The molecule has 0 atom stereocenters. The zero-order valence-corrected chi connectivity index (χ0v) is 20.5. The van der Waals surface area contributed by atoms with E-state index in [9.17, 15) is 4.79 Å². The van der Waals surface area contributed by atoms with E-state index in [0.717, 1.165) is 55.3 Å². The summed E-state index contributed by atoms with van der Waals surface area (Å²) in [7, 11) is 0. The minimum absolute atomic E-state index is 0.288. The summed E-state index contributed by atoms with van der Waals surface area (Å²) in [5, 5.41) is 10.9. The number of rotatable bonds is 8. The number of nitrogens with zero attached hydrogens (tertiary/aromatic N) is 2. The quantitative estimate of drug-likeness (QED) is 0.329. The molecule has 0 bridgehead atoms. The number of halogens is 1. The maximum atomic E-state index is 12.6. The van der Waals surface area contributed by atoms with Gasteiger partial charge in [-0.05, 0) is 68.7 Å². The fourth-order valence-electron chi connectivity index (χ4n) is 3.56. The molecule has 2 aromatic rings. The molecule has 2 amide bonds. The first kappa shape index (κ1) is 25.0. The normalized spacial score (nSPS) is 15.2. The number of oxime groups is 1. The van der Waals surface area contributed by atoms with E-state index < -0.39 is 5.54 Å². The molecule has 1 heterocycles. The number of urea groups is 1. The van der Waals surface area contributed by atoms with Gasteiger partial charge in [0, 0.05) is 30.3 Å². The number of morpholine rings is 1. The second kappa shape index (κ2) is 11.5. The molecule has 3 rings (SSSR count). The molecule has 1 fully saturated rings. The van der Waals surface area contributed by atoms with Crippen LogP contribution in [0.25, 0.3) is 0 Å². The highest BCUT2D eigenvalue weighted by atomic mass is 35.5. The van der Waals surface area contributed by atoms with E-state index in [1.807, 2.05) is 58.0 Å². The number of hydrogen-bond acceptors (Lipinski definition) is 5. The first-order valence-corrected chi connectivity index (χ1v) is 11.6. The predicted molar refractivity (Wildman–Crippen MR) is 133 cm³/mol. The third-order valence-electron chi connectivity index (χ3n) is 5.65. The number of anilines is 1. The van der Waals surface area contributed by atoms with Crippen LogP contribution in [-0.4, -0.2) is 56.1 Å². The smallest absolute Gasteiger partial charge is 0.319 e. The Morgan fingerprint density at radius 2 is 1.97 bits per heavy atom. The van der Waals surface area contributed by atoms with Gasteiger partial charge >= 0.3 is 6.03 Å². The first-order chi connectivity index (χ1) is 15.7. The average molecular weight is 473 g/mol. The van der Waals surface area contributed by atoms with E-state index in [1.54, 1.807) is 12.1 Å². The maximum Gasteiger partial charge on any atom is 0.319 e. The molecule has 0 radical (unpaired) electrons. The Balaban J connectivity index is 1.57. The van der Waals surface area contributed by atoms with Gasteiger partial charge in [0.05, 0.1) is 24.5 Å². The van der Waals surface area contributed by atoms with Crippen molar-refractivity contribution < 1.29 is 14.4 Å². The zero-order chi connectivity index (χ0) is 23.8. The van der Waals surface area contributed by atoms with Crippen molar-refractivity contribution >= 4 is 29.0 Å². The summed E-state index contributed by atoms with van der Waals surface area (Å²) >= 11 is 6.07. The van der Waals surface area contributed by atoms with Crippen LogP contribution in [0, 0.1) is 6.92 Å². The van der Waals surface area contributed by atoms with Crippen LogP contribution >= 0.6 is 11.6 Å². The van der Waals surface area contributed by atoms with E-state index in [0.29, 0.717) is 17.3 Å². The van der Waals surface area contributed by atoms with Crippen LogP contribution < -0.4 is 10.6 Å². The maximum absolute atomic E-state index is 12.6. The minimum Gasteiger partial charge on any atom is -0.394 e. The van der Waals surface area contributed by atoms with Crippen molar-refractivity contribution in [1.82, 2.24) is 10.2 Å². The standard InChI is InChI=1S/C25H33ClN4O3/c1-18-16-22(8-9-23(18)26)27-24(31)28-25(3,4)21-7-5-6-20(17-21)19(2)29-33-15-12-30-10-13-32-14-11-30/h5-9,16-17H,10-15H2,1-4H3,(H2,27,28,31)/b29-19+. The monoisotopic (exact) mass is 472 g/mol. The van der Waals surface area contributed by atoms with E-state index in [1.165, 1.54) is 0 Å². The lowest BCUT2D eigenvalue weighted by molar-refractivity contribution is 0.0212. The molecule has 7 nitrogen and oxygen atoms in total. The van der Waals surface area contributed by atoms with Crippen molar-refractivity contribution in [2.24, 2.45) is 5.16 Å². The molecule has 0 aliphatic carbocycles. The predicted octanol–water partition coefficient (Wildman–Crippen LogP) is 4.78. The molecule has 0 aromatic heterocycles. The van der Waals surface area contributed by atoms with Crippen LogP contribution in [0.1, 0.15) is 37.5 Å². The lowest BCUT2D eigenvalue weighted by Gasteiger charge is -2.27. The SMILES string of the molecule is C/C(=N\OCCN1CCOCC1)c1cccc(C(C)(C)NC(=O)Nc2ccc(Cl)c(C)c2)c1. The van der Waals surface area contributed by atoms with Gasteiger partial charge < -0.3 is 20.2 Å². The van der Waals surface area contributed by atoms with Crippen molar-refractivity contribution in [3.8, 4) is 0 Å². The second-order valence-corrected chi connectivity index (χ2v) is 9.12. The molecule has 0 saturated carbocycles.